The zero-order valence-electron chi connectivity index (χ0n) is 13.3. The van der Waals surface area contributed by atoms with Gasteiger partial charge in [-0.05, 0) is 18.1 Å². The predicted molar refractivity (Wildman–Crippen MR) is 80.1 cm³/mol. The molecule has 126 valence electrons. The van der Waals surface area contributed by atoms with Crippen molar-refractivity contribution in [3.05, 3.63) is 35.6 Å². The van der Waals surface area contributed by atoms with Crippen LogP contribution in [0.15, 0.2) is 24.3 Å². The summed E-state index contributed by atoms with van der Waals surface area (Å²) in [5.74, 6) is -3.06. The minimum absolute atomic E-state index is 0.145. The van der Waals surface area contributed by atoms with Crippen molar-refractivity contribution in [3.8, 4) is 0 Å². The molecule has 2 atom stereocenters. The average Bonchev–Trinajstić information content (AvgIpc) is 2.56. The van der Waals surface area contributed by atoms with E-state index < -0.39 is 36.3 Å². The van der Waals surface area contributed by atoms with Gasteiger partial charge in [-0.3, -0.25) is 4.79 Å². The van der Waals surface area contributed by atoms with E-state index in [9.17, 15) is 18.8 Å². The molecule has 0 heterocycles. The molecule has 0 bridgehead atoms. The molecule has 0 aliphatic carbocycles. The summed E-state index contributed by atoms with van der Waals surface area (Å²) in [7, 11) is 1.22. The third-order valence-corrected chi connectivity index (χ3v) is 3.41. The molecule has 0 saturated carbocycles. The molecular formula is C16H20FNO5. The maximum atomic E-state index is 13.4. The number of hydrogen-bond acceptors (Lipinski definition) is 5. The number of halogens is 1. The van der Waals surface area contributed by atoms with Crippen LogP contribution in [0.2, 0.25) is 0 Å². The quantitative estimate of drug-likeness (QED) is 0.772. The summed E-state index contributed by atoms with van der Waals surface area (Å²) in [6, 6.07) is 4.46. The summed E-state index contributed by atoms with van der Waals surface area (Å²) in [6.45, 7) is 3.04. The van der Waals surface area contributed by atoms with E-state index in [1.807, 2.05) is 6.92 Å². The predicted octanol–water partition coefficient (Wildman–Crippen LogP) is 1.69. The van der Waals surface area contributed by atoms with Crippen LogP contribution in [0.1, 0.15) is 30.6 Å². The Morgan fingerprint density at radius 3 is 2.48 bits per heavy atom. The minimum Gasteiger partial charge on any atom is -0.467 e. The molecule has 1 rings (SSSR count). The molecule has 0 aliphatic rings. The Bertz CT molecular complexity index is 575. The average molecular weight is 325 g/mol. The van der Waals surface area contributed by atoms with Crippen LogP contribution < -0.4 is 5.32 Å². The Morgan fingerprint density at radius 2 is 1.91 bits per heavy atom. The molecule has 1 aromatic carbocycles. The molecule has 0 saturated heterocycles. The number of nitrogens with one attached hydrogen (secondary N) is 1. The van der Waals surface area contributed by atoms with Crippen molar-refractivity contribution < 1.29 is 28.2 Å². The van der Waals surface area contributed by atoms with E-state index in [2.05, 4.69) is 10.1 Å². The number of carbonyl (C=O) groups is 3. The lowest BCUT2D eigenvalue weighted by Crippen LogP contribution is -2.47. The first kappa shape index (κ1) is 18.6. The summed E-state index contributed by atoms with van der Waals surface area (Å²) in [4.78, 5) is 35.2. The Morgan fingerprint density at radius 1 is 1.26 bits per heavy atom. The van der Waals surface area contributed by atoms with Gasteiger partial charge in [-0.15, -0.1) is 0 Å². The van der Waals surface area contributed by atoms with Crippen LogP contribution >= 0.6 is 0 Å². The zero-order chi connectivity index (χ0) is 17.4. The number of hydrogen-bond donors (Lipinski definition) is 1. The Kier molecular flexibility index (Phi) is 7.18. The lowest BCUT2D eigenvalue weighted by Gasteiger charge is -2.21. The van der Waals surface area contributed by atoms with Gasteiger partial charge >= 0.3 is 11.9 Å². The third kappa shape index (κ3) is 5.36. The van der Waals surface area contributed by atoms with Gasteiger partial charge in [0, 0.05) is 0 Å². The monoisotopic (exact) mass is 325 g/mol. The van der Waals surface area contributed by atoms with Gasteiger partial charge in [0.15, 0.2) is 6.61 Å². The Labute approximate surface area is 134 Å². The van der Waals surface area contributed by atoms with Crippen molar-refractivity contribution in [2.45, 2.75) is 26.3 Å². The van der Waals surface area contributed by atoms with Crippen LogP contribution in [0, 0.1) is 11.7 Å². The van der Waals surface area contributed by atoms with E-state index >= 15 is 0 Å². The molecule has 2 unspecified atom stereocenters. The number of esters is 2. The number of amides is 1. The summed E-state index contributed by atoms with van der Waals surface area (Å²) in [5.41, 5.74) is -0.258. The Hall–Kier alpha value is -2.44. The molecule has 1 amide bonds. The molecule has 0 spiro atoms. The van der Waals surface area contributed by atoms with E-state index in [4.69, 9.17) is 4.74 Å². The summed E-state index contributed by atoms with van der Waals surface area (Å²) >= 11 is 0. The van der Waals surface area contributed by atoms with Gasteiger partial charge in [-0.1, -0.05) is 32.4 Å². The first-order valence-electron chi connectivity index (χ1n) is 7.19. The molecule has 1 N–H and O–H groups in total. The van der Waals surface area contributed by atoms with E-state index in [1.54, 1.807) is 6.92 Å². The highest BCUT2D eigenvalue weighted by Gasteiger charge is 2.27. The van der Waals surface area contributed by atoms with Crippen molar-refractivity contribution in [1.29, 1.82) is 0 Å². The SMILES string of the molecule is CCC(C)C(NC(=O)COC(=O)c1ccccc1F)C(=O)OC. The summed E-state index contributed by atoms with van der Waals surface area (Å²) in [6.07, 6.45) is 0.648. The fraction of sp³-hybridized carbons (Fsp3) is 0.438. The first-order chi connectivity index (χ1) is 10.9. The first-order valence-corrected chi connectivity index (χ1v) is 7.19. The fourth-order valence-electron chi connectivity index (χ4n) is 1.85. The summed E-state index contributed by atoms with van der Waals surface area (Å²) in [5, 5.41) is 2.46. The number of ether oxygens (including phenoxy) is 2. The fourth-order valence-corrected chi connectivity index (χ4v) is 1.85. The smallest absolute Gasteiger partial charge is 0.341 e. The van der Waals surface area contributed by atoms with Crippen molar-refractivity contribution in [3.63, 3.8) is 0 Å². The van der Waals surface area contributed by atoms with Gasteiger partial charge in [0.1, 0.15) is 11.9 Å². The number of benzene rings is 1. The standard InChI is InChI=1S/C16H20FNO5/c1-4-10(2)14(16(21)22-3)18-13(19)9-23-15(20)11-7-5-6-8-12(11)17/h5-8,10,14H,4,9H2,1-3H3,(H,18,19). The van der Waals surface area contributed by atoms with Crippen molar-refractivity contribution in [2.75, 3.05) is 13.7 Å². The topological polar surface area (TPSA) is 81.7 Å². The number of carbonyl (C=O) groups excluding carboxylic acids is 3. The minimum atomic E-state index is -0.948. The number of rotatable bonds is 7. The van der Waals surface area contributed by atoms with E-state index in [1.165, 1.54) is 25.3 Å². The molecule has 1 aromatic rings. The second-order valence-corrected chi connectivity index (χ2v) is 5.01. The van der Waals surface area contributed by atoms with Crippen LogP contribution in [-0.2, 0) is 19.1 Å². The van der Waals surface area contributed by atoms with Crippen molar-refractivity contribution in [1.82, 2.24) is 5.32 Å². The molecular weight excluding hydrogens is 305 g/mol. The van der Waals surface area contributed by atoms with Crippen LogP contribution in [0.3, 0.4) is 0 Å². The normalized spacial score (nSPS) is 12.9. The van der Waals surface area contributed by atoms with E-state index in [-0.39, 0.29) is 11.5 Å². The van der Waals surface area contributed by atoms with Crippen LogP contribution in [-0.4, -0.2) is 37.6 Å². The second-order valence-electron chi connectivity index (χ2n) is 5.01. The maximum Gasteiger partial charge on any atom is 0.341 e. The van der Waals surface area contributed by atoms with Gasteiger partial charge in [0.25, 0.3) is 5.91 Å². The molecule has 0 aromatic heterocycles. The Balaban J connectivity index is 2.60. The van der Waals surface area contributed by atoms with Gasteiger partial charge in [-0.2, -0.15) is 0 Å². The van der Waals surface area contributed by atoms with Crippen LogP contribution in [0.25, 0.3) is 0 Å². The molecule has 0 aliphatic heterocycles. The van der Waals surface area contributed by atoms with Gasteiger partial charge < -0.3 is 14.8 Å². The molecule has 7 heteroatoms. The van der Waals surface area contributed by atoms with Crippen molar-refractivity contribution in [2.24, 2.45) is 5.92 Å². The highest BCUT2D eigenvalue weighted by molar-refractivity contribution is 5.92. The lowest BCUT2D eigenvalue weighted by atomic mass is 9.99. The van der Waals surface area contributed by atoms with Crippen molar-refractivity contribution >= 4 is 17.8 Å². The third-order valence-electron chi connectivity index (χ3n) is 3.41. The largest absolute Gasteiger partial charge is 0.467 e. The van der Waals surface area contributed by atoms with Crippen LogP contribution in [0.4, 0.5) is 4.39 Å². The molecule has 6 nitrogen and oxygen atoms in total. The van der Waals surface area contributed by atoms with Crippen LogP contribution in [0.5, 0.6) is 0 Å². The van der Waals surface area contributed by atoms with Gasteiger partial charge in [0.05, 0.1) is 12.7 Å². The number of methoxy groups -OCH3 is 1. The molecule has 23 heavy (non-hydrogen) atoms. The highest BCUT2D eigenvalue weighted by atomic mass is 19.1. The second kappa shape index (κ2) is 8.87. The van der Waals surface area contributed by atoms with E-state index in [0.29, 0.717) is 6.42 Å². The van der Waals surface area contributed by atoms with Gasteiger partial charge in [-0.25, -0.2) is 14.0 Å². The molecule has 0 radical (unpaired) electrons. The summed E-state index contributed by atoms with van der Waals surface area (Å²) < 4.78 is 22.8. The van der Waals surface area contributed by atoms with E-state index in [0.717, 1.165) is 6.07 Å². The molecule has 0 fully saturated rings. The van der Waals surface area contributed by atoms with Gasteiger partial charge in [0.2, 0.25) is 0 Å². The highest BCUT2D eigenvalue weighted by Crippen LogP contribution is 2.10. The maximum absolute atomic E-state index is 13.4. The lowest BCUT2D eigenvalue weighted by molar-refractivity contribution is -0.147. The zero-order valence-corrected chi connectivity index (χ0v) is 13.3.